The van der Waals surface area contributed by atoms with Gasteiger partial charge in [-0.2, -0.15) is 11.3 Å². The number of thiophene rings is 1. The molecule has 1 heterocycles. The second kappa shape index (κ2) is 5.78. The summed E-state index contributed by atoms with van der Waals surface area (Å²) in [4.78, 5) is 11.8. The average molecular weight is 244 g/mol. The number of ketones is 1. The van der Waals surface area contributed by atoms with E-state index in [0.717, 1.165) is 12.0 Å². The highest BCUT2D eigenvalue weighted by molar-refractivity contribution is 7.07. The van der Waals surface area contributed by atoms with Crippen molar-refractivity contribution in [3.8, 4) is 0 Å². The number of hydrogen-bond donors (Lipinski definition) is 0. The van der Waals surface area contributed by atoms with Crippen LogP contribution in [0.1, 0.15) is 23.1 Å². The number of carbonyl (C=O) groups excluding carboxylic acids is 1. The van der Waals surface area contributed by atoms with Crippen molar-refractivity contribution in [1.82, 2.24) is 0 Å². The third kappa shape index (κ3) is 3.82. The zero-order valence-electron chi connectivity index (χ0n) is 9.98. The summed E-state index contributed by atoms with van der Waals surface area (Å²) in [5, 5.41) is 4.06. The molecule has 1 nitrogen and oxygen atoms in total. The lowest BCUT2D eigenvalue weighted by Gasteiger charge is -2.01. The van der Waals surface area contributed by atoms with Crippen LogP contribution in [0.3, 0.4) is 0 Å². The fourth-order valence-electron chi connectivity index (χ4n) is 1.75. The van der Waals surface area contributed by atoms with Gasteiger partial charge in [0.1, 0.15) is 5.78 Å². The SMILES string of the molecule is Cc1ccc(CCC(=O)Cc2ccsc2)cc1. The van der Waals surface area contributed by atoms with Crippen LogP contribution in [0.4, 0.5) is 0 Å². The van der Waals surface area contributed by atoms with Gasteiger partial charge in [-0.15, -0.1) is 0 Å². The van der Waals surface area contributed by atoms with Crippen LogP contribution < -0.4 is 0 Å². The van der Waals surface area contributed by atoms with Gasteiger partial charge in [0.05, 0.1) is 0 Å². The number of carbonyl (C=O) groups is 1. The summed E-state index contributed by atoms with van der Waals surface area (Å²) in [6, 6.07) is 10.4. The van der Waals surface area contributed by atoms with Crippen LogP contribution in [-0.4, -0.2) is 5.78 Å². The van der Waals surface area contributed by atoms with E-state index >= 15 is 0 Å². The van der Waals surface area contributed by atoms with E-state index in [1.807, 2.05) is 16.8 Å². The fourth-order valence-corrected chi connectivity index (χ4v) is 2.42. The predicted octanol–water partition coefficient (Wildman–Crippen LogP) is 3.80. The van der Waals surface area contributed by atoms with Crippen LogP contribution in [0.5, 0.6) is 0 Å². The molecule has 0 fully saturated rings. The molecule has 0 atom stereocenters. The highest BCUT2D eigenvalue weighted by atomic mass is 32.1. The van der Waals surface area contributed by atoms with Crippen molar-refractivity contribution in [1.29, 1.82) is 0 Å². The first-order valence-electron chi connectivity index (χ1n) is 5.82. The number of hydrogen-bond acceptors (Lipinski definition) is 2. The summed E-state index contributed by atoms with van der Waals surface area (Å²) in [6.07, 6.45) is 2.07. The maximum atomic E-state index is 11.8. The number of aryl methyl sites for hydroxylation is 2. The maximum absolute atomic E-state index is 11.8. The Balaban J connectivity index is 1.82. The molecule has 0 aliphatic heterocycles. The minimum absolute atomic E-state index is 0.323. The molecular formula is C15H16OS. The second-order valence-electron chi connectivity index (χ2n) is 4.33. The Labute approximate surface area is 106 Å². The van der Waals surface area contributed by atoms with Gasteiger partial charge in [0, 0.05) is 12.8 Å². The highest BCUT2D eigenvalue weighted by Crippen LogP contribution is 2.10. The van der Waals surface area contributed by atoms with Crippen LogP contribution in [0.2, 0.25) is 0 Å². The molecular weight excluding hydrogens is 228 g/mol. The predicted molar refractivity (Wildman–Crippen MR) is 72.5 cm³/mol. The van der Waals surface area contributed by atoms with Crippen molar-refractivity contribution < 1.29 is 4.79 Å². The van der Waals surface area contributed by atoms with Crippen LogP contribution in [-0.2, 0) is 17.6 Å². The molecule has 0 unspecified atom stereocenters. The minimum atomic E-state index is 0.323. The smallest absolute Gasteiger partial charge is 0.137 e. The molecule has 0 amide bonds. The molecule has 2 heteroatoms. The molecule has 0 aliphatic carbocycles. The van der Waals surface area contributed by atoms with Gasteiger partial charge < -0.3 is 0 Å². The molecule has 2 rings (SSSR count). The molecule has 0 saturated heterocycles. The van der Waals surface area contributed by atoms with E-state index in [1.165, 1.54) is 11.1 Å². The molecule has 0 saturated carbocycles. The Morgan fingerprint density at radius 3 is 2.53 bits per heavy atom. The number of Topliss-reactive ketones (excluding diaryl/α,β-unsaturated/α-hetero) is 1. The van der Waals surface area contributed by atoms with Crippen molar-refractivity contribution in [2.24, 2.45) is 0 Å². The van der Waals surface area contributed by atoms with E-state index in [-0.39, 0.29) is 0 Å². The maximum Gasteiger partial charge on any atom is 0.137 e. The van der Waals surface area contributed by atoms with Crippen molar-refractivity contribution >= 4 is 17.1 Å². The molecule has 88 valence electrons. The van der Waals surface area contributed by atoms with Crippen molar-refractivity contribution in [2.75, 3.05) is 0 Å². The van der Waals surface area contributed by atoms with Gasteiger partial charge in [-0.25, -0.2) is 0 Å². The second-order valence-corrected chi connectivity index (χ2v) is 5.11. The van der Waals surface area contributed by atoms with Gasteiger partial charge in [-0.1, -0.05) is 29.8 Å². The van der Waals surface area contributed by atoms with E-state index in [1.54, 1.807) is 11.3 Å². The van der Waals surface area contributed by atoms with Gasteiger partial charge in [0.15, 0.2) is 0 Å². The molecule has 0 N–H and O–H groups in total. The number of rotatable bonds is 5. The third-order valence-electron chi connectivity index (χ3n) is 2.79. The van der Waals surface area contributed by atoms with E-state index in [2.05, 4.69) is 31.2 Å². The zero-order chi connectivity index (χ0) is 12.1. The van der Waals surface area contributed by atoms with Crippen LogP contribution >= 0.6 is 11.3 Å². The molecule has 0 radical (unpaired) electrons. The molecule has 0 bridgehead atoms. The summed E-state index contributed by atoms with van der Waals surface area (Å²) >= 11 is 1.65. The Bertz CT molecular complexity index is 468. The van der Waals surface area contributed by atoms with Crippen molar-refractivity contribution in [3.05, 3.63) is 57.8 Å². The van der Waals surface area contributed by atoms with E-state index in [4.69, 9.17) is 0 Å². The van der Waals surface area contributed by atoms with Gasteiger partial charge in [-0.3, -0.25) is 4.79 Å². The molecule has 1 aromatic heterocycles. The zero-order valence-corrected chi connectivity index (χ0v) is 10.8. The van der Waals surface area contributed by atoms with Crippen molar-refractivity contribution in [3.63, 3.8) is 0 Å². The topological polar surface area (TPSA) is 17.1 Å². The number of benzene rings is 1. The van der Waals surface area contributed by atoms with Gasteiger partial charge >= 0.3 is 0 Å². The van der Waals surface area contributed by atoms with Crippen LogP contribution in [0.25, 0.3) is 0 Å². The minimum Gasteiger partial charge on any atom is -0.299 e. The summed E-state index contributed by atoms with van der Waals surface area (Å²) < 4.78 is 0. The first kappa shape index (κ1) is 12.1. The highest BCUT2D eigenvalue weighted by Gasteiger charge is 2.04. The lowest BCUT2D eigenvalue weighted by molar-refractivity contribution is -0.118. The summed E-state index contributed by atoms with van der Waals surface area (Å²) in [5.74, 6) is 0.323. The standard InChI is InChI=1S/C15H16OS/c1-12-2-4-13(5-3-12)6-7-15(16)10-14-8-9-17-11-14/h2-5,8-9,11H,6-7,10H2,1H3. The van der Waals surface area contributed by atoms with Gasteiger partial charge in [0.25, 0.3) is 0 Å². The van der Waals surface area contributed by atoms with Gasteiger partial charge in [-0.05, 0) is 41.3 Å². The summed E-state index contributed by atoms with van der Waals surface area (Å²) in [5.41, 5.74) is 3.65. The molecule has 2 aromatic rings. The van der Waals surface area contributed by atoms with E-state index in [0.29, 0.717) is 18.6 Å². The normalized spacial score (nSPS) is 10.4. The van der Waals surface area contributed by atoms with E-state index in [9.17, 15) is 4.79 Å². The van der Waals surface area contributed by atoms with Crippen LogP contribution in [0.15, 0.2) is 41.1 Å². The Morgan fingerprint density at radius 2 is 1.88 bits per heavy atom. The quantitative estimate of drug-likeness (QED) is 0.782. The Kier molecular flexibility index (Phi) is 4.10. The summed E-state index contributed by atoms with van der Waals surface area (Å²) in [6.45, 7) is 2.07. The average Bonchev–Trinajstić information content (AvgIpc) is 2.81. The Morgan fingerprint density at radius 1 is 1.12 bits per heavy atom. The fraction of sp³-hybridized carbons (Fsp3) is 0.267. The third-order valence-corrected chi connectivity index (χ3v) is 3.53. The lowest BCUT2D eigenvalue weighted by Crippen LogP contribution is -2.03. The largest absolute Gasteiger partial charge is 0.299 e. The monoisotopic (exact) mass is 244 g/mol. The first-order valence-corrected chi connectivity index (χ1v) is 6.76. The van der Waals surface area contributed by atoms with E-state index < -0.39 is 0 Å². The van der Waals surface area contributed by atoms with Gasteiger partial charge in [0.2, 0.25) is 0 Å². The molecule has 0 aliphatic rings. The van der Waals surface area contributed by atoms with Crippen LogP contribution in [0, 0.1) is 6.92 Å². The molecule has 1 aromatic carbocycles. The summed E-state index contributed by atoms with van der Waals surface area (Å²) in [7, 11) is 0. The van der Waals surface area contributed by atoms with Crippen molar-refractivity contribution in [2.45, 2.75) is 26.2 Å². The molecule has 17 heavy (non-hydrogen) atoms. The Hall–Kier alpha value is -1.41. The lowest BCUT2D eigenvalue weighted by atomic mass is 10.0. The first-order chi connectivity index (χ1) is 8.24. The molecule has 0 spiro atoms.